The molecule has 0 aliphatic carbocycles. The number of urea groups is 1. The minimum absolute atomic E-state index is 0.122. The van der Waals surface area contributed by atoms with Crippen LogP contribution in [0.1, 0.15) is 16.8 Å². The number of rotatable bonds is 1. The molecule has 6 heteroatoms. The van der Waals surface area contributed by atoms with Crippen LogP contribution in [0.25, 0.3) is 21.8 Å². The molecule has 0 radical (unpaired) electrons. The number of H-pyrrole nitrogens is 2. The molecule has 6 nitrogen and oxygen atoms in total. The first kappa shape index (κ1) is 15.0. The fourth-order valence-corrected chi connectivity index (χ4v) is 3.77. The molecule has 0 saturated carbocycles. The van der Waals surface area contributed by atoms with Crippen LogP contribution in [0, 0.1) is 6.92 Å². The van der Waals surface area contributed by atoms with E-state index in [9.17, 15) is 4.79 Å². The number of carbonyl (C=O) groups is 1. The fourth-order valence-electron chi connectivity index (χ4n) is 3.77. The second kappa shape index (κ2) is 5.62. The number of aromatic nitrogens is 3. The topological polar surface area (TPSA) is 76.8 Å². The second-order valence-corrected chi connectivity index (χ2v) is 6.85. The van der Waals surface area contributed by atoms with E-state index in [4.69, 9.17) is 0 Å². The molecule has 0 fully saturated rings. The summed E-state index contributed by atoms with van der Waals surface area (Å²) in [5.74, 6) is 0.573. The molecule has 0 unspecified atom stereocenters. The van der Waals surface area contributed by atoms with Gasteiger partial charge in [-0.1, -0.05) is 23.8 Å². The Morgan fingerprint density at radius 2 is 2.04 bits per heavy atom. The summed E-state index contributed by atoms with van der Waals surface area (Å²) in [5, 5.41) is 12.3. The summed E-state index contributed by atoms with van der Waals surface area (Å²) >= 11 is 0. The number of para-hydroxylation sites is 1. The van der Waals surface area contributed by atoms with E-state index in [1.807, 2.05) is 29.2 Å². The molecule has 3 N–H and O–H groups in total. The zero-order valence-electron chi connectivity index (χ0n) is 14.5. The van der Waals surface area contributed by atoms with Crippen molar-refractivity contribution in [2.24, 2.45) is 0 Å². The Labute approximate surface area is 150 Å². The third kappa shape index (κ3) is 2.34. The van der Waals surface area contributed by atoms with Crippen molar-refractivity contribution in [3.8, 4) is 0 Å². The summed E-state index contributed by atoms with van der Waals surface area (Å²) in [6.45, 7) is 3.38. The van der Waals surface area contributed by atoms with E-state index in [0.717, 1.165) is 28.5 Å². The maximum Gasteiger partial charge on any atom is 0.323 e. The predicted molar refractivity (Wildman–Crippen MR) is 102 cm³/mol. The van der Waals surface area contributed by atoms with Gasteiger partial charge in [0.15, 0.2) is 5.82 Å². The highest BCUT2D eigenvalue weighted by Crippen LogP contribution is 2.29. The van der Waals surface area contributed by atoms with Gasteiger partial charge >= 0.3 is 6.03 Å². The van der Waals surface area contributed by atoms with E-state index in [1.165, 1.54) is 16.5 Å². The fraction of sp³-hybridized carbons (Fsp3) is 0.200. The minimum atomic E-state index is -0.122. The zero-order valence-corrected chi connectivity index (χ0v) is 14.5. The van der Waals surface area contributed by atoms with Crippen molar-refractivity contribution in [1.82, 2.24) is 20.1 Å². The summed E-state index contributed by atoms with van der Waals surface area (Å²) in [5.41, 5.74) is 5.76. The van der Waals surface area contributed by atoms with Crippen LogP contribution in [0.3, 0.4) is 0 Å². The second-order valence-electron chi connectivity index (χ2n) is 6.85. The third-order valence-corrected chi connectivity index (χ3v) is 5.11. The number of aromatic amines is 2. The van der Waals surface area contributed by atoms with E-state index in [1.54, 1.807) is 0 Å². The normalized spacial score (nSPS) is 14.0. The minimum Gasteiger partial charge on any atom is -0.357 e. The summed E-state index contributed by atoms with van der Waals surface area (Å²) < 4.78 is 0. The number of anilines is 1. The lowest BCUT2D eigenvalue weighted by molar-refractivity contribution is 0.206. The zero-order chi connectivity index (χ0) is 17.7. The Morgan fingerprint density at radius 1 is 1.15 bits per heavy atom. The van der Waals surface area contributed by atoms with Gasteiger partial charge < -0.3 is 9.88 Å². The third-order valence-electron chi connectivity index (χ3n) is 5.11. The largest absolute Gasteiger partial charge is 0.357 e. The maximum atomic E-state index is 12.7. The van der Waals surface area contributed by atoms with Gasteiger partial charge in [0.2, 0.25) is 0 Å². The molecule has 1 aliphatic rings. The molecule has 2 amide bonds. The first-order chi connectivity index (χ1) is 12.7. The molecule has 2 aromatic carbocycles. The number of aryl methyl sites for hydroxylation is 1. The number of hydrogen-bond acceptors (Lipinski definition) is 2. The Hall–Kier alpha value is -3.28. The Balaban J connectivity index is 1.40. The monoisotopic (exact) mass is 345 g/mol. The number of hydrogen-bond donors (Lipinski definition) is 3. The van der Waals surface area contributed by atoms with Gasteiger partial charge in [-0.25, -0.2) is 4.79 Å². The number of nitrogens with zero attached hydrogens (tertiary/aromatic N) is 2. The molecule has 3 heterocycles. The Bertz CT molecular complexity index is 1140. The maximum absolute atomic E-state index is 12.7. The molecule has 0 saturated heterocycles. The van der Waals surface area contributed by atoms with Crippen LogP contribution in [-0.4, -0.2) is 32.7 Å². The molecule has 130 valence electrons. The van der Waals surface area contributed by atoms with Crippen LogP contribution >= 0.6 is 0 Å². The van der Waals surface area contributed by atoms with Crippen LogP contribution in [0.15, 0.2) is 42.5 Å². The van der Waals surface area contributed by atoms with Gasteiger partial charge in [-0.3, -0.25) is 10.4 Å². The summed E-state index contributed by atoms with van der Waals surface area (Å²) in [4.78, 5) is 18.0. The number of nitrogens with one attached hydrogen (secondary N) is 3. The van der Waals surface area contributed by atoms with Gasteiger partial charge in [0.1, 0.15) is 0 Å². The average Bonchev–Trinajstić information content (AvgIpc) is 3.22. The van der Waals surface area contributed by atoms with Crippen molar-refractivity contribution in [1.29, 1.82) is 0 Å². The van der Waals surface area contributed by atoms with Gasteiger partial charge in [0, 0.05) is 28.5 Å². The van der Waals surface area contributed by atoms with Crippen LogP contribution in [0.5, 0.6) is 0 Å². The van der Waals surface area contributed by atoms with Crippen LogP contribution in [-0.2, 0) is 13.0 Å². The molecule has 0 spiro atoms. The Morgan fingerprint density at radius 3 is 2.96 bits per heavy atom. The molecule has 0 atom stereocenters. The lowest BCUT2D eigenvalue weighted by Gasteiger charge is -2.27. The number of amides is 2. The molecule has 26 heavy (non-hydrogen) atoms. The van der Waals surface area contributed by atoms with Crippen LogP contribution < -0.4 is 5.32 Å². The molecule has 4 aromatic rings. The predicted octanol–water partition coefficient (Wildman–Crippen LogP) is 3.94. The SMILES string of the molecule is Cc1ccc2[nH]c3c(c2c1)CCN(C(=O)Nc1n[nH]c2ccccc12)C3. The molecular formula is C20H19N5O. The number of benzene rings is 2. The van der Waals surface area contributed by atoms with Crippen molar-refractivity contribution >= 4 is 33.7 Å². The van der Waals surface area contributed by atoms with E-state index in [-0.39, 0.29) is 6.03 Å². The van der Waals surface area contributed by atoms with Crippen molar-refractivity contribution in [3.63, 3.8) is 0 Å². The van der Waals surface area contributed by atoms with E-state index in [0.29, 0.717) is 18.9 Å². The van der Waals surface area contributed by atoms with Crippen LogP contribution in [0.2, 0.25) is 0 Å². The molecule has 1 aliphatic heterocycles. The lowest BCUT2D eigenvalue weighted by atomic mass is 10.0. The highest BCUT2D eigenvalue weighted by molar-refractivity contribution is 5.99. The van der Waals surface area contributed by atoms with E-state index >= 15 is 0 Å². The highest BCUT2D eigenvalue weighted by Gasteiger charge is 2.24. The van der Waals surface area contributed by atoms with Gasteiger partial charge in [-0.15, -0.1) is 0 Å². The smallest absolute Gasteiger partial charge is 0.323 e. The van der Waals surface area contributed by atoms with Crippen molar-refractivity contribution in [2.45, 2.75) is 19.9 Å². The highest BCUT2D eigenvalue weighted by atomic mass is 16.2. The van der Waals surface area contributed by atoms with E-state index < -0.39 is 0 Å². The molecular weight excluding hydrogens is 326 g/mol. The summed E-state index contributed by atoms with van der Waals surface area (Å²) in [7, 11) is 0. The summed E-state index contributed by atoms with van der Waals surface area (Å²) in [6.07, 6.45) is 0.855. The molecule has 5 rings (SSSR count). The van der Waals surface area contributed by atoms with Crippen molar-refractivity contribution < 1.29 is 4.79 Å². The first-order valence-corrected chi connectivity index (χ1v) is 8.78. The molecule has 0 bridgehead atoms. The van der Waals surface area contributed by atoms with Crippen LogP contribution in [0.4, 0.5) is 10.6 Å². The number of carbonyl (C=O) groups excluding carboxylic acids is 1. The standard InChI is InChI=1S/C20H19N5O/c1-12-6-7-16-15(10-12)13-8-9-25(11-18(13)21-16)20(26)22-19-14-4-2-3-5-17(14)23-24-19/h2-7,10,21H,8-9,11H2,1H3,(H2,22,23,24,26). The average molecular weight is 345 g/mol. The lowest BCUT2D eigenvalue weighted by Crippen LogP contribution is -2.38. The first-order valence-electron chi connectivity index (χ1n) is 8.78. The van der Waals surface area contributed by atoms with Gasteiger partial charge in [-0.05, 0) is 43.2 Å². The molecule has 2 aromatic heterocycles. The number of fused-ring (bicyclic) bond motifs is 4. The van der Waals surface area contributed by atoms with Crippen molar-refractivity contribution in [2.75, 3.05) is 11.9 Å². The van der Waals surface area contributed by atoms with E-state index in [2.05, 4.69) is 45.6 Å². The Kier molecular flexibility index (Phi) is 3.25. The quantitative estimate of drug-likeness (QED) is 0.489. The van der Waals surface area contributed by atoms with Gasteiger partial charge in [-0.2, -0.15) is 5.10 Å². The van der Waals surface area contributed by atoms with Crippen molar-refractivity contribution in [3.05, 3.63) is 59.3 Å². The van der Waals surface area contributed by atoms with Gasteiger partial charge in [0.25, 0.3) is 0 Å². The summed E-state index contributed by atoms with van der Waals surface area (Å²) in [6, 6.07) is 14.1. The van der Waals surface area contributed by atoms with Gasteiger partial charge in [0.05, 0.1) is 12.1 Å².